The molecule has 0 bridgehead atoms. The fourth-order valence-electron chi connectivity index (χ4n) is 2.42. The van der Waals surface area contributed by atoms with Gasteiger partial charge in [-0.2, -0.15) is 0 Å². The molecule has 1 aromatic heterocycles. The molecular weight excluding hydrogens is 260 g/mol. The highest BCUT2D eigenvalue weighted by molar-refractivity contribution is 5.43. The van der Waals surface area contributed by atoms with Gasteiger partial charge in [-0.25, -0.2) is 0 Å². The van der Waals surface area contributed by atoms with Crippen LogP contribution >= 0.6 is 0 Å². The molecule has 0 saturated heterocycles. The molecule has 3 heteroatoms. The molecule has 0 saturated carbocycles. The van der Waals surface area contributed by atoms with Crippen LogP contribution in [0.15, 0.2) is 41.3 Å². The van der Waals surface area contributed by atoms with E-state index in [-0.39, 0.29) is 5.43 Å². The first-order valence-electron chi connectivity index (χ1n) is 7.56. The second kappa shape index (κ2) is 6.72. The van der Waals surface area contributed by atoms with Crippen LogP contribution in [0.1, 0.15) is 37.6 Å². The number of benzene rings is 1. The molecule has 1 heterocycles. The summed E-state index contributed by atoms with van der Waals surface area (Å²) in [6.45, 7) is 8.90. The number of rotatable bonds is 5. The zero-order valence-electron chi connectivity index (χ0n) is 13.3. The Balaban J connectivity index is 2.48. The Bertz CT molecular complexity index is 671. The second-order valence-electron chi connectivity index (χ2n) is 5.69. The van der Waals surface area contributed by atoms with Crippen LogP contribution in [0.25, 0.3) is 5.69 Å². The van der Waals surface area contributed by atoms with Crippen molar-refractivity contribution in [2.24, 2.45) is 0 Å². The Labute approximate surface area is 126 Å². The van der Waals surface area contributed by atoms with E-state index in [0.29, 0.717) is 12.6 Å². The molecule has 2 rings (SSSR count). The van der Waals surface area contributed by atoms with Crippen molar-refractivity contribution in [1.82, 2.24) is 9.88 Å². The van der Waals surface area contributed by atoms with Gasteiger partial charge in [0.15, 0.2) is 5.43 Å². The smallest absolute Gasteiger partial charge is 0.186 e. The summed E-state index contributed by atoms with van der Waals surface area (Å²) in [6.07, 6.45) is 2.95. The largest absolute Gasteiger partial charge is 0.320 e. The molecule has 0 aliphatic carbocycles. The Hall–Kier alpha value is -1.87. The van der Waals surface area contributed by atoms with Crippen molar-refractivity contribution in [2.45, 2.75) is 46.7 Å². The molecular formula is C18H24N2O. The molecule has 112 valence electrons. The molecule has 3 nitrogen and oxygen atoms in total. The van der Waals surface area contributed by atoms with E-state index in [1.54, 1.807) is 6.07 Å². The van der Waals surface area contributed by atoms with Crippen LogP contribution in [0.2, 0.25) is 0 Å². The number of nitrogens with zero attached hydrogens (tertiary/aromatic N) is 1. The maximum Gasteiger partial charge on any atom is 0.186 e. The lowest BCUT2D eigenvalue weighted by atomic mass is 10.1. The van der Waals surface area contributed by atoms with E-state index in [4.69, 9.17) is 0 Å². The lowest BCUT2D eigenvalue weighted by molar-refractivity contribution is 0.585. The fraction of sp³-hybridized carbons (Fsp3) is 0.389. The molecule has 0 aliphatic heterocycles. The highest BCUT2D eigenvalue weighted by Crippen LogP contribution is 2.17. The molecule has 1 aromatic carbocycles. The van der Waals surface area contributed by atoms with Crippen molar-refractivity contribution < 1.29 is 0 Å². The third kappa shape index (κ3) is 3.61. The van der Waals surface area contributed by atoms with E-state index in [1.807, 2.05) is 19.2 Å². The predicted octanol–water partition coefficient (Wildman–Crippen LogP) is 3.21. The van der Waals surface area contributed by atoms with Gasteiger partial charge in [0, 0.05) is 41.8 Å². The van der Waals surface area contributed by atoms with Gasteiger partial charge in [-0.1, -0.05) is 39.0 Å². The van der Waals surface area contributed by atoms with Crippen LogP contribution in [0.5, 0.6) is 0 Å². The lowest BCUT2D eigenvalue weighted by Gasteiger charge is -2.16. The third-order valence-electron chi connectivity index (χ3n) is 3.65. The molecule has 0 amide bonds. The van der Waals surface area contributed by atoms with Crippen LogP contribution in [0.4, 0.5) is 0 Å². The number of nitrogens with one attached hydrogen (secondary N) is 1. The van der Waals surface area contributed by atoms with Crippen LogP contribution in [0.3, 0.4) is 0 Å². The molecule has 21 heavy (non-hydrogen) atoms. The summed E-state index contributed by atoms with van der Waals surface area (Å²) < 4.78 is 2.12. The van der Waals surface area contributed by atoms with Gasteiger partial charge in [-0.15, -0.1) is 0 Å². The van der Waals surface area contributed by atoms with Gasteiger partial charge in [-0.3, -0.25) is 4.79 Å². The Kier molecular flexibility index (Phi) is 4.97. The SMILES string of the molecule is CCc1ccccc1-n1cc(CNC(C)C)c(=O)cc1C. The van der Waals surface area contributed by atoms with Gasteiger partial charge in [-0.05, 0) is 25.0 Å². The highest BCUT2D eigenvalue weighted by Gasteiger charge is 2.08. The molecule has 0 aliphatic rings. The van der Waals surface area contributed by atoms with Gasteiger partial charge < -0.3 is 9.88 Å². The summed E-state index contributed by atoms with van der Waals surface area (Å²) in [6, 6.07) is 10.4. The van der Waals surface area contributed by atoms with Gasteiger partial charge in [0.1, 0.15) is 0 Å². The van der Waals surface area contributed by atoms with Crippen molar-refractivity contribution in [3.63, 3.8) is 0 Å². The van der Waals surface area contributed by atoms with Crippen LogP contribution in [-0.2, 0) is 13.0 Å². The van der Waals surface area contributed by atoms with Gasteiger partial charge in [0.2, 0.25) is 0 Å². The van der Waals surface area contributed by atoms with E-state index in [2.05, 4.69) is 48.9 Å². The summed E-state index contributed by atoms with van der Waals surface area (Å²) in [5, 5.41) is 3.32. The van der Waals surface area contributed by atoms with Crippen molar-refractivity contribution in [2.75, 3.05) is 0 Å². The lowest BCUT2D eigenvalue weighted by Crippen LogP contribution is -2.26. The third-order valence-corrected chi connectivity index (χ3v) is 3.65. The molecule has 0 unspecified atom stereocenters. The van der Waals surface area contributed by atoms with Crippen LogP contribution < -0.4 is 10.7 Å². The Morgan fingerprint density at radius 2 is 1.90 bits per heavy atom. The normalized spacial score (nSPS) is 11.1. The van der Waals surface area contributed by atoms with Gasteiger partial charge in [0.05, 0.1) is 0 Å². The minimum absolute atomic E-state index is 0.103. The van der Waals surface area contributed by atoms with Gasteiger partial charge >= 0.3 is 0 Å². The first-order valence-corrected chi connectivity index (χ1v) is 7.56. The van der Waals surface area contributed by atoms with Crippen LogP contribution in [-0.4, -0.2) is 10.6 Å². The van der Waals surface area contributed by atoms with Crippen molar-refractivity contribution in [3.05, 3.63) is 63.6 Å². The Morgan fingerprint density at radius 1 is 1.19 bits per heavy atom. The summed E-state index contributed by atoms with van der Waals surface area (Å²) in [5.74, 6) is 0. The topological polar surface area (TPSA) is 34.0 Å². The number of hydrogen-bond donors (Lipinski definition) is 1. The standard InChI is InChI=1S/C18H24N2O/c1-5-15-8-6-7-9-17(15)20-12-16(11-19-13(2)3)18(21)10-14(20)4/h6-10,12-13,19H,5,11H2,1-4H3. The van der Waals surface area contributed by atoms with E-state index in [0.717, 1.165) is 23.4 Å². The minimum atomic E-state index is 0.103. The Morgan fingerprint density at radius 3 is 2.57 bits per heavy atom. The van der Waals surface area contributed by atoms with Crippen LogP contribution in [0, 0.1) is 6.92 Å². The van der Waals surface area contributed by atoms with E-state index >= 15 is 0 Å². The fourth-order valence-corrected chi connectivity index (χ4v) is 2.42. The summed E-state index contributed by atoms with van der Waals surface area (Å²) in [4.78, 5) is 12.1. The van der Waals surface area contributed by atoms with E-state index < -0.39 is 0 Å². The average molecular weight is 284 g/mol. The predicted molar refractivity (Wildman–Crippen MR) is 88.1 cm³/mol. The zero-order chi connectivity index (χ0) is 15.4. The van der Waals surface area contributed by atoms with Gasteiger partial charge in [0.25, 0.3) is 0 Å². The van der Waals surface area contributed by atoms with Crippen molar-refractivity contribution >= 4 is 0 Å². The number of para-hydroxylation sites is 1. The van der Waals surface area contributed by atoms with E-state index in [9.17, 15) is 4.79 Å². The zero-order valence-corrected chi connectivity index (χ0v) is 13.3. The maximum atomic E-state index is 12.1. The number of aryl methyl sites for hydroxylation is 2. The number of pyridine rings is 1. The molecule has 2 aromatic rings. The first kappa shape index (κ1) is 15.5. The van der Waals surface area contributed by atoms with Crippen molar-refractivity contribution in [3.8, 4) is 5.69 Å². The molecule has 1 N–H and O–H groups in total. The molecule has 0 radical (unpaired) electrons. The highest BCUT2D eigenvalue weighted by atomic mass is 16.1. The van der Waals surface area contributed by atoms with Crippen molar-refractivity contribution in [1.29, 1.82) is 0 Å². The number of hydrogen-bond acceptors (Lipinski definition) is 2. The number of aromatic nitrogens is 1. The molecule has 0 fully saturated rings. The quantitative estimate of drug-likeness (QED) is 0.915. The molecule has 0 spiro atoms. The monoisotopic (exact) mass is 284 g/mol. The summed E-state index contributed by atoms with van der Waals surface area (Å²) in [5.41, 5.74) is 4.32. The first-order chi connectivity index (χ1) is 10.0. The molecule has 0 atom stereocenters. The van der Waals surface area contributed by atoms with E-state index in [1.165, 1.54) is 5.56 Å². The second-order valence-corrected chi connectivity index (χ2v) is 5.69. The average Bonchev–Trinajstić information content (AvgIpc) is 2.46. The summed E-state index contributed by atoms with van der Waals surface area (Å²) >= 11 is 0. The maximum absolute atomic E-state index is 12.1. The summed E-state index contributed by atoms with van der Waals surface area (Å²) in [7, 11) is 0. The minimum Gasteiger partial charge on any atom is -0.320 e.